The minimum atomic E-state index is -5.03. The van der Waals surface area contributed by atoms with Crippen LogP contribution in [-0.4, -0.2) is 53.9 Å². The Labute approximate surface area is 160 Å². The molecule has 158 valence electrons. The lowest BCUT2D eigenvalue weighted by molar-refractivity contribution is -0.173. The number of rotatable bonds is 5. The number of hydrogen-bond acceptors (Lipinski definition) is 7. The Bertz CT molecular complexity index is 999. The van der Waals surface area contributed by atoms with Crippen LogP contribution in [0.2, 0.25) is 0 Å². The molecule has 0 saturated carbocycles. The number of carbonyl (C=O) groups is 1. The maximum Gasteiger partial charge on any atom is 0.471 e. The molecule has 3 rings (SSSR count). The van der Waals surface area contributed by atoms with E-state index in [1.54, 1.807) is 12.2 Å². The summed E-state index contributed by atoms with van der Waals surface area (Å²) in [4.78, 5) is 36.4. The topological polar surface area (TPSA) is 144 Å². The zero-order valence-corrected chi connectivity index (χ0v) is 15.0. The third kappa shape index (κ3) is 4.22. The van der Waals surface area contributed by atoms with Crippen molar-refractivity contribution in [2.24, 2.45) is 0 Å². The van der Waals surface area contributed by atoms with Crippen molar-refractivity contribution >= 4 is 5.91 Å². The van der Waals surface area contributed by atoms with Crippen molar-refractivity contribution < 1.29 is 27.8 Å². The predicted octanol–water partition coefficient (Wildman–Crippen LogP) is -0.784. The standard InChI is InChI=1S/C15H17F3N6O5/c1-2-8-11(26)10(12(29-8)23-4-3-9(25)20-14(23)28)24-6-7(21-22-24)5-19-13(27)15(16,17)18/h3-4,6,8,10-12,26H,2,5H2,1H3,(H,19,27)(H,20,25,28)/t8-,10+,11?,12-/m1/s1. The minimum absolute atomic E-state index is 0.00214. The van der Waals surface area contributed by atoms with Crippen molar-refractivity contribution in [1.29, 1.82) is 0 Å². The number of amides is 1. The third-order valence-electron chi connectivity index (χ3n) is 4.42. The van der Waals surface area contributed by atoms with Gasteiger partial charge in [0.1, 0.15) is 17.8 Å². The Kier molecular flexibility index (Phi) is 5.57. The summed E-state index contributed by atoms with van der Waals surface area (Å²) in [6.07, 6.45) is -5.05. The molecule has 2 aromatic rings. The van der Waals surface area contributed by atoms with Crippen LogP contribution in [0, 0.1) is 0 Å². The van der Waals surface area contributed by atoms with Crippen LogP contribution in [0.4, 0.5) is 13.2 Å². The number of alkyl halides is 3. The summed E-state index contributed by atoms with van der Waals surface area (Å²) in [6, 6.07) is 0.149. The highest BCUT2D eigenvalue weighted by molar-refractivity contribution is 5.81. The molecule has 3 N–H and O–H groups in total. The number of halogens is 3. The fourth-order valence-electron chi connectivity index (χ4n) is 3.02. The average Bonchev–Trinajstić information content (AvgIpc) is 3.22. The van der Waals surface area contributed by atoms with E-state index in [4.69, 9.17) is 4.74 Å². The van der Waals surface area contributed by atoms with Crippen LogP contribution in [0.15, 0.2) is 28.0 Å². The average molecular weight is 418 g/mol. The first-order chi connectivity index (χ1) is 13.6. The number of aromatic amines is 1. The van der Waals surface area contributed by atoms with Crippen molar-refractivity contribution in [1.82, 2.24) is 29.9 Å². The number of aliphatic hydroxyl groups is 1. The number of nitrogens with zero attached hydrogens (tertiary/aromatic N) is 4. The number of aromatic nitrogens is 5. The first kappa shape index (κ1) is 20.7. The van der Waals surface area contributed by atoms with Gasteiger partial charge in [-0.2, -0.15) is 13.2 Å². The molecule has 0 spiro atoms. The first-order valence-corrected chi connectivity index (χ1v) is 8.52. The molecule has 1 saturated heterocycles. The van der Waals surface area contributed by atoms with Crippen LogP contribution in [0.1, 0.15) is 31.3 Å². The lowest BCUT2D eigenvalue weighted by atomic mass is 10.1. The number of hydrogen-bond donors (Lipinski definition) is 3. The van der Waals surface area contributed by atoms with Gasteiger partial charge in [0, 0.05) is 12.3 Å². The minimum Gasteiger partial charge on any atom is -0.388 e. The highest BCUT2D eigenvalue weighted by Gasteiger charge is 2.46. The van der Waals surface area contributed by atoms with Gasteiger partial charge in [0.15, 0.2) is 6.23 Å². The summed E-state index contributed by atoms with van der Waals surface area (Å²) in [5.41, 5.74) is -1.38. The largest absolute Gasteiger partial charge is 0.471 e. The monoisotopic (exact) mass is 418 g/mol. The van der Waals surface area contributed by atoms with E-state index >= 15 is 0 Å². The highest BCUT2D eigenvalue weighted by atomic mass is 19.4. The molecule has 0 radical (unpaired) electrons. The van der Waals surface area contributed by atoms with E-state index in [9.17, 15) is 32.7 Å². The number of ether oxygens (including phenoxy) is 1. The molecule has 1 amide bonds. The molecule has 1 unspecified atom stereocenters. The van der Waals surface area contributed by atoms with Crippen LogP contribution in [0.3, 0.4) is 0 Å². The Balaban J connectivity index is 1.86. The SMILES string of the molecule is CC[C@H]1O[C@@H](n2ccc(=O)[nH]c2=O)[C@@H](n2cc(CNC(=O)C(F)(F)F)nn2)C1O. The highest BCUT2D eigenvalue weighted by Crippen LogP contribution is 2.38. The quantitative estimate of drug-likeness (QED) is 0.578. The Morgan fingerprint density at radius 3 is 2.76 bits per heavy atom. The number of aliphatic hydroxyl groups excluding tert-OH is 1. The third-order valence-corrected chi connectivity index (χ3v) is 4.42. The second kappa shape index (κ2) is 7.79. The second-order valence-corrected chi connectivity index (χ2v) is 6.34. The molecule has 1 fully saturated rings. The summed E-state index contributed by atoms with van der Waals surface area (Å²) >= 11 is 0. The van der Waals surface area contributed by atoms with Gasteiger partial charge in [0.25, 0.3) is 5.56 Å². The Morgan fingerprint density at radius 2 is 2.14 bits per heavy atom. The van der Waals surface area contributed by atoms with E-state index in [-0.39, 0.29) is 5.69 Å². The molecular formula is C15H17F3N6O5. The van der Waals surface area contributed by atoms with Gasteiger partial charge in [0.05, 0.1) is 18.8 Å². The van der Waals surface area contributed by atoms with Gasteiger partial charge < -0.3 is 15.2 Å². The van der Waals surface area contributed by atoms with Crippen molar-refractivity contribution in [2.75, 3.05) is 0 Å². The van der Waals surface area contributed by atoms with E-state index in [0.717, 1.165) is 15.3 Å². The lowest BCUT2D eigenvalue weighted by Gasteiger charge is -2.21. The van der Waals surface area contributed by atoms with E-state index in [0.29, 0.717) is 6.42 Å². The zero-order valence-electron chi connectivity index (χ0n) is 15.0. The molecule has 11 nitrogen and oxygen atoms in total. The fraction of sp³-hybridized carbons (Fsp3) is 0.533. The fourth-order valence-corrected chi connectivity index (χ4v) is 3.02. The Hall–Kier alpha value is -3.00. The van der Waals surface area contributed by atoms with E-state index < -0.39 is 54.4 Å². The number of carbonyl (C=O) groups excluding carboxylic acids is 1. The summed E-state index contributed by atoms with van der Waals surface area (Å²) < 4.78 is 44.8. The van der Waals surface area contributed by atoms with Crippen LogP contribution in [0.25, 0.3) is 0 Å². The van der Waals surface area contributed by atoms with Crippen molar-refractivity contribution in [3.63, 3.8) is 0 Å². The van der Waals surface area contributed by atoms with Gasteiger partial charge in [0.2, 0.25) is 0 Å². The van der Waals surface area contributed by atoms with Crippen LogP contribution < -0.4 is 16.6 Å². The molecular weight excluding hydrogens is 401 g/mol. The van der Waals surface area contributed by atoms with Gasteiger partial charge in [-0.05, 0) is 6.42 Å². The van der Waals surface area contributed by atoms with Crippen LogP contribution in [-0.2, 0) is 16.1 Å². The maximum atomic E-state index is 12.3. The second-order valence-electron chi connectivity index (χ2n) is 6.34. The molecule has 2 aromatic heterocycles. The summed E-state index contributed by atoms with van der Waals surface area (Å²) in [7, 11) is 0. The smallest absolute Gasteiger partial charge is 0.388 e. The van der Waals surface area contributed by atoms with E-state index in [1.165, 1.54) is 12.4 Å². The number of H-pyrrole nitrogens is 1. The van der Waals surface area contributed by atoms with Crippen LogP contribution in [0.5, 0.6) is 0 Å². The molecule has 1 aliphatic rings. The maximum absolute atomic E-state index is 12.3. The van der Waals surface area contributed by atoms with Crippen molar-refractivity contribution in [2.45, 2.75) is 50.5 Å². The predicted molar refractivity (Wildman–Crippen MR) is 88.5 cm³/mol. The molecule has 0 aromatic carbocycles. The van der Waals surface area contributed by atoms with Gasteiger partial charge in [-0.3, -0.25) is 19.1 Å². The normalized spacial score (nSPS) is 24.6. The first-order valence-electron chi connectivity index (χ1n) is 8.52. The van der Waals surface area contributed by atoms with Gasteiger partial charge in [-0.15, -0.1) is 5.10 Å². The molecule has 0 bridgehead atoms. The summed E-state index contributed by atoms with van der Waals surface area (Å²) in [5, 5.41) is 19.7. The van der Waals surface area contributed by atoms with Crippen molar-refractivity contribution in [3.8, 4) is 0 Å². The van der Waals surface area contributed by atoms with Crippen LogP contribution >= 0.6 is 0 Å². The van der Waals surface area contributed by atoms with Gasteiger partial charge >= 0.3 is 17.8 Å². The zero-order chi connectivity index (χ0) is 21.3. The van der Waals surface area contributed by atoms with E-state index in [2.05, 4.69) is 15.3 Å². The van der Waals surface area contributed by atoms with Gasteiger partial charge in [-0.1, -0.05) is 12.1 Å². The molecule has 3 heterocycles. The molecule has 29 heavy (non-hydrogen) atoms. The summed E-state index contributed by atoms with van der Waals surface area (Å²) in [5.74, 6) is -2.12. The van der Waals surface area contributed by atoms with E-state index in [1.807, 2.05) is 0 Å². The summed E-state index contributed by atoms with van der Waals surface area (Å²) in [6.45, 7) is 1.21. The lowest BCUT2D eigenvalue weighted by Crippen LogP contribution is -2.36. The van der Waals surface area contributed by atoms with Gasteiger partial charge in [-0.25, -0.2) is 9.48 Å². The Morgan fingerprint density at radius 1 is 1.41 bits per heavy atom. The molecule has 14 heteroatoms. The molecule has 1 aliphatic heterocycles. The van der Waals surface area contributed by atoms with Crippen molar-refractivity contribution in [3.05, 3.63) is 45.0 Å². The molecule has 0 aliphatic carbocycles. The molecule has 4 atom stereocenters. The number of nitrogens with one attached hydrogen (secondary N) is 2.